The van der Waals surface area contributed by atoms with Crippen LogP contribution in [0, 0.1) is 0 Å². The summed E-state index contributed by atoms with van der Waals surface area (Å²) in [4.78, 5) is 4.01. The minimum absolute atomic E-state index is 0.344. The van der Waals surface area contributed by atoms with Crippen LogP contribution in [0.2, 0.25) is 10.3 Å². The van der Waals surface area contributed by atoms with E-state index in [1.54, 1.807) is 12.1 Å². The summed E-state index contributed by atoms with van der Waals surface area (Å²) in [6, 6.07) is 3.43. The summed E-state index contributed by atoms with van der Waals surface area (Å²) in [6.45, 7) is 0. The minimum Gasteiger partial charge on any atom is -0.234 e. The molecule has 2 aromatic rings. The number of hydrogen-bond acceptors (Lipinski definition) is 3. The van der Waals surface area contributed by atoms with Crippen molar-refractivity contribution >= 4 is 34.1 Å². The molecule has 0 aromatic carbocycles. The normalized spacial score (nSPS) is 10.5. The van der Waals surface area contributed by atoms with Crippen LogP contribution in [-0.4, -0.2) is 15.2 Å². The van der Waals surface area contributed by atoms with Gasteiger partial charge in [0.2, 0.25) is 0 Å². The number of halogens is 2. The molecule has 3 nitrogen and oxygen atoms in total. The fourth-order valence-corrected chi connectivity index (χ4v) is 1.27. The Labute approximate surface area is 78.3 Å². The van der Waals surface area contributed by atoms with Gasteiger partial charge in [-0.15, -0.1) is 5.10 Å². The number of aromatic nitrogens is 3. The number of fused-ring (bicyclic) bond motifs is 1. The summed E-state index contributed by atoms with van der Waals surface area (Å²) in [5, 5.41) is 8.85. The molecular weight excluding hydrogens is 197 g/mol. The van der Waals surface area contributed by atoms with Gasteiger partial charge in [0.25, 0.3) is 0 Å². The van der Waals surface area contributed by atoms with E-state index in [2.05, 4.69) is 15.2 Å². The van der Waals surface area contributed by atoms with Crippen molar-refractivity contribution in [3.63, 3.8) is 0 Å². The second-order valence-electron chi connectivity index (χ2n) is 2.20. The highest BCUT2D eigenvalue weighted by Gasteiger charge is 2.01. The maximum atomic E-state index is 5.75. The third-order valence-corrected chi connectivity index (χ3v) is 1.93. The molecule has 0 aliphatic heterocycles. The molecule has 0 aliphatic carbocycles. The highest BCUT2D eigenvalue weighted by Crippen LogP contribution is 2.19. The van der Waals surface area contributed by atoms with Gasteiger partial charge in [-0.1, -0.05) is 23.2 Å². The van der Waals surface area contributed by atoms with Crippen LogP contribution in [0.25, 0.3) is 10.9 Å². The zero-order chi connectivity index (χ0) is 8.55. The van der Waals surface area contributed by atoms with E-state index in [0.29, 0.717) is 15.8 Å². The summed E-state index contributed by atoms with van der Waals surface area (Å²) in [5.74, 6) is 0. The molecule has 0 saturated carbocycles. The van der Waals surface area contributed by atoms with Crippen LogP contribution in [0.5, 0.6) is 0 Å². The van der Waals surface area contributed by atoms with Gasteiger partial charge >= 0.3 is 0 Å². The van der Waals surface area contributed by atoms with Crippen LogP contribution in [0.4, 0.5) is 0 Å². The third-order valence-electron chi connectivity index (χ3n) is 1.44. The monoisotopic (exact) mass is 199 g/mol. The first-order chi connectivity index (χ1) is 5.77. The Hall–Kier alpha value is -0.930. The van der Waals surface area contributed by atoms with E-state index in [0.717, 1.165) is 5.39 Å². The number of pyridine rings is 1. The fourth-order valence-electron chi connectivity index (χ4n) is 0.911. The highest BCUT2D eigenvalue weighted by atomic mass is 35.5. The first-order valence-corrected chi connectivity index (χ1v) is 3.96. The lowest BCUT2D eigenvalue weighted by molar-refractivity contribution is 1.04. The van der Waals surface area contributed by atoms with E-state index in [9.17, 15) is 0 Å². The molecule has 2 aromatic heterocycles. The standard InChI is InChI=1S/C7H3Cl2N3/c8-6-2-1-4-5(11-6)3-10-12-7(4)9/h1-3H. The van der Waals surface area contributed by atoms with Crippen molar-refractivity contribution in [3.8, 4) is 0 Å². The number of hydrogen-bond donors (Lipinski definition) is 0. The van der Waals surface area contributed by atoms with Crippen LogP contribution < -0.4 is 0 Å². The van der Waals surface area contributed by atoms with Crippen molar-refractivity contribution in [3.05, 3.63) is 28.6 Å². The number of nitrogens with zero attached hydrogens (tertiary/aromatic N) is 3. The molecule has 0 fully saturated rings. The van der Waals surface area contributed by atoms with Gasteiger partial charge in [0.1, 0.15) is 5.15 Å². The average Bonchev–Trinajstić information content (AvgIpc) is 2.04. The Kier molecular flexibility index (Phi) is 1.83. The average molecular weight is 200 g/mol. The second kappa shape index (κ2) is 2.84. The van der Waals surface area contributed by atoms with E-state index in [1.165, 1.54) is 6.20 Å². The highest BCUT2D eigenvalue weighted by molar-refractivity contribution is 6.34. The van der Waals surface area contributed by atoms with E-state index in [-0.39, 0.29) is 0 Å². The Morgan fingerprint density at radius 2 is 2.00 bits per heavy atom. The smallest absolute Gasteiger partial charge is 0.161 e. The van der Waals surface area contributed by atoms with E-state index in [1.807, 2.05) is 0 Å². The molecular formula is C7H3Cl2N3. The molecule has 0 radical (unpaired) electrons. The topological polar surface area (TPSA) is 38.7 Å². The van der Waals surface area contributed by atoms with Crippen molar-refractivity contribution in [1.29, 1.82) is 0 Å². The molecule has 0 aliphatic rings. The SMILES string of the molecule is Clc1ccc2c(Cl)nncc2n1. The molecule has 0 N–H and O–H groups in total. The molecule has 0 atom stereocenters. The van der Waals surface area contributed by atoms with Gasteiger partial charge in [-0.2, -0.15) is 5.10 Å². The Morgan fingerprint density at radius 1 is 1.17 bits per heavy atom. The first kappa shape index (κ1) is 7.71. The molecule has 0 amide bonds. The van der Waals surface area contributed by atoms with Gasteiger partial charge < -0.3 is 0 Å². The summed E-state index contributed by atoms with van der Waals surface area (Å²) >= 11 is 11.4. The lowest BCUT2D eigenvalue weighted by atomic mass is 10.3. The van der Waals surface area contributed by atoms with Crippen molar-refractivity contribution in [2.75, 3.05) is 0 Å². The molecule has 0 unspecified atom stereocenters. The fraction of sp³-hybridized carbons (Fsp3) is 0. The zero-order valence-electron chi connectivity index (χ0n) is 5.83. The maximum Gasteiger partial charge on any atom is 0.161 e. The lowest BCUT2D eigenvalue weighted by Gasteiger charge is -1.96. The van der Waals surface area contributed by atoms with Crippen molar-refractivity contribution in [2.45, 2.75) is 0 Å². The molecule has 0 spiro atoms. The summed E-state index contributed by atoms with van der Waals surface area (Å²) in [7, 11) is 0. The second-order valence-corrected chi connectivity index (χ2v) is 2.95. The summed E-state index contributed by atoms with van der Waals surface area (Å²) in [6.07, 6.45) is 1.52. The van der Waals surface area contributed by atoms with E-state index >= 15 is 0 Å². The van der Waals surface area contributed by atoms with Gasteiger partial charge in [-0.3, -0.25) is 0 Å². The van der Waals surface area contributed by atoms with Gasteiger partial charge in [0, 0.05) is 5.39 Å². The van der Waals surface area contributed by atoms with Gasteiger partial charge in [0.05, 0.1) is 11.7 Å². The van der Waals surface area contributed by atoms with Gasteiger partial charge in [-0.25, -0.2) is 4.98 Å². The third kappa shape index (κ3) is 1.21. The molecule has 60 valence electrons. The van der Waals surface area contributed by atoms with Crippen LogP contribution in [0.1, 0.15) is 0 Å². The number of rotatable bonds is 0. The quantitative estimate of drug-likeness (QED) is 0.612. The summed E-state index contributed by atoms with van der Waals surface area (Å²) in [5.41, 5.74) is 0.655. The summed E-state index contributed by atoms with van der Waals surface area (Å²) < 4.78 is 0. The molecule has 2 heterocycles. The van der Waals surface area contributed by atoms with Crippen LogP contribution in [0.3, 0.4) is 0 Å². The molecule has 2 rings (SSSR count). The van der Waals surface area contributed by atoms with E-state index < -0.39 is 0 Å². The van der Waals surface area contributed by atoms with Crippen LogP contribution in [-0.2, 0) is 0 Å². The van der Waals surface area contributed by atoms with E-state index in [4.69, 9.17) is 23.2 Å². The van der Waals surface area contributed by atoms with Gasteiger partial charge in [-0.05, 0) is 12.1 Å². The Balaban J connectivity index is 2.86. The van der Waals surface area contributed by atoms with Crippen LogP contribution in [0.15, 0.2) is 18.3 Å². The molecule has 0 bridgehead atoms. The van der Waals surface area contributed by atoms with Crippen molar-refractivity contribution in [1.82, 2.24) is 15.2 Å². The van der Waals surface area contributed by atoms with Crippen molar-refractivity contribution < 1.29 is 0 Å². The zero-order valence-corrected chi connectivity index (χ0v) is 7.34. The van der Waals surface area contributed by atoms with Crippen LogP contribution >= 0.6 is 23.2 Å². The molecule has 0 saturated heterocycles. The predicted octanol–water partition coefficient (Wildman–Crippen LogP) is 2.33. The van der Waals surface area contributed by atoms with Gasteiger partial charge in [0.15, 0.2) is 5.15 Å². The molecule has 5 heteroatoms. The molecule has 12 heavy (non-hydrogen) atoms. The maximum absolute atomic E-state index is 5.75. The minimum atomic E-state index is 0.344. The first-order valence-electron chi connectivity index (χ1n) is 3.21. The van der Waals surface area contributed by atoms with Crippen molar-refractivity contribution in [2.24, 2.45) is 0 Å². The largest absolute Gasteiger partial charge is 0.234 e. The lowest BCUT2D eigenvalue weighted by Crippen LogP contribution is -1.86. The predicted molar refractivity (Wildman–Crippen MR) is 47.4 cm³/mol. The Morgan fingerprint density at radius 3 is 2.83 bits per heavy atom. The Bertz CT molecular complexity index is 430.